The first-order chi connectivity index (χ1) is 14.1. The van der Waals surface area contributed by atoms with Gasteiger partial charge in [0.1, 0.15) is 0 Å². The number of nitrogens with one attached hydrogen (secondary N) is 3. The summed E-state index contributed by atoms with van der Waals surface area (Å²) in [6.07, 6.45) is 0. The molecule has 0 unspecified atom stereocenters. The first kappa shape index (κ1) is 25.6. The maximum atomic E-state index is 5.43. The predicted octanol–water partition coefficient (Wildman–Crippen LogP) is 4.09. The quantitative estimate of drug-likeness (QED) is 0.563. The molecule has 0 radical (unpaired) electrons. The molecule has 1 fully saturated rings. The average molecular weight is 436 g/mol. The van der Waals surface area contributed by atoms with E-state index in [-0.39, 0.29) is 21.9 Å². The van der Waals surface area contributed by atoms with E-state index >= 15 is 0 Å². The maximum absolute atomic E-state index is 5.43. The van der Waals surface area contributed by atoms with E-state index < -0.39 is 0 Å². The maximum Gasteiger partial charge on any atom is 0.229 e. The molecule has 8 nitrogen and oxygen atoms in total. The van der Waals surface area contributed by atoms with Crippen LogP contribution in [0, 0.1) is 10.8 Å². The van der Waals surface area contributed by atoms with E-state index in [0.717, 1.165) is 39.4 Å². The Morgan fingerprint density at radius 2 is 1.13 bits per heavy atom. The van der Waals surface area contributed by atoms with Gasteiger partial charge < -0.3 is 20.7 Å². The molecule has 0 aliphatic carbocycles. The van der Waals surface area contributed by atoms with E-state index in [0.29, 0.717) is 17.8 Å². The molecule has 1 saturated heterocycles. The zero-order valence-electron chi connectivity index (χ0n) is 21.4. The molecule has 1 aliphatic rings. The molecule has 178 valence electrons. The van der Waals surface area contributed by atoms with Gasteiger partial charge in [-0.15, -0.1) is 0 Å². The highest BCUT2D eigenvalue weighted by atomic mass is 16.5. The molecule has 2 rings (SSSR count). The summed E-state index contributed by atoms with van der Waals surface area (Å²) in [4.78, 5) is 16.5. The first-order valence-corrected chi connectivity index (χ1v) is 11.5. The van der Waals surface area contributed by atoms with Crippen molar-refractivity contribution in [1.82, 2.24) is 19.9 Å². The van der Waals surface area contributed by atoms with Gasteiger partial charge in [-0.3, -0.25) is 4.90 Å². The third-order valence-electron chi connectivity index (χ3n) is 7.05. The minimum absolute atomic E-state index is 0.0296. The van der Waals surface area contributed by atoms with E-state index in [9.17, 15) is 0 Å². The van der Waals surface area contributed by atoms with E-state index in [1.54, 1.807) is 0 Å². The van der Waals surface area contributed by atoms with Crippen LogP contribution in [0.5, 0.6) is 0 Å². The van der Waals surface area contributed by atoms with Gasteiger partial charge in [0.25, 0.3) is 0 Å². The lowest BCUT2D eigenvalue weighted by Crippen LogP contribution is -2.46. The van der Waals surface area contributed by atoms with Crippen molar-refractivity contribution < 1.29 is 4.74 Å². The lowest BCUT2D eigenvalue weighted by atomic mass is 9.76. The molecule has 1 aromatic heterocycles. The summed E-state index contributed by atoms with van der Waals surface area (Å²) in [5.41, 5.74) is -0.337. The molecule has 2 heterocycles. The van der Waals surface area contributed by atoms with E-state index in [4.69, 9.17) is 9.72 Å². The summed E-state index contributed by atoms with van der Waals surface area (Å²) < 4.78 is 5.43. The van der Waals surface area contributed by atoms with Crippen molar-refractivity contribution in [2.45, 2.75) is 80.3 Å². The Bertz CT molecular complexity index is 667. The van der Waals surface area contributed by atoms with Crippen LogP contribution in [0.3, 0.4) is 0 Å². The second-order valence-corrected chi connectivity index (χ2v) is 11.7. The van der Waals surface area contributed by atoms with E-state index in [2.05, 4.69) is 100 Å². The SMILES string of the molecule is CC(C)(C)C(C)(C)Nc1nc(NCCN2CCOCC2)nc(NC(C)(C)C(C)(C)C)n1. The van der Waals surface area contributed by atoms with Crippen molar-refractivity contribution >= 4 is 17.8 Å². The van der Waals surface area contributed by atoms with Gasteiger partial charge in [-0.25, -0.2) is 0 Å². The van der Waals surface area contributed by atoms with Crippen molar-refractivity contribution in [3.8, 4) is 0 Å². The lowest BCUT2D eigenvalue weighted by molar-refractivity contribution is 0.0398. The van der Waals surface area contributed by atoms with Gasteiger partial charge in [-0.2, -0.15) is 15.0 Å². The Morgan fingerprint density at radius 1 is 0.710 bits per heavy atom. The van der Waals surface area contributed by atoms with Gasteiger partial charge in [0.05, 0.1) is 13.2 Å². The van der Waals surface area contributed by atoms with Crippen molar-refractivity contribution in [2.24, 2.45) is 10.8 Å². The molecule has 0 spiro atoms. The number of hydrogen-bond donors (Lipinski definition) is 3. The molecule has 0 saturated carbocycles. The van der Waals surface area contributed by atoms with Crippen LogP contribution >= 0.6 is 0 Å². The van der Waals surface area contributed by atoms with Gasteiger partial charge >= 0.3 is 0 Å². The van der Waals surface area contributed by atoms with Gasteiger partial charge in [-0.1, -0.05) is 41.5 Å². The monoisotopic (exact) mass is 435 g/mol. The number of ether oxygens (including phenoxy) is 1. The third kappa shape index (κ3) is 7.17. The van der Waals surface area contributed by atoms with Crippen molar-refractivity contribution in [1.29, 1.82) is 0 Å². The van der Waals surface area contributed by atoms with Crippen LogP contribution in [0.2, 0.25) is 0 Å². The summed E-state index contributed by atoms with van der Waals surface area (Å²) in [6.45, 7) is 27.2. The van der Waals surface area contributed by atoms with Crippen LogP contribution in [-0.2, 0) is 4.74 Å². The van der Waals surface area contributed by atoms with Crippen LogP contribution in [0.4, 0.5) is 17.8 Å². The first-order valence-electron chi connectivity index (χ1n) is 11.5. The predicted molar refractivity (Wildman–Crippen MR) is 130 cm³/mol. The molecule has 0 atom stereocenters. The molecule has 1 aromatic rings. The Hall–Kier alpha value is -1.67. The van der Waals surface area contributed by atoms with Crippen molar-refractivity contribution in [3.63, 3.8) is 0 Å². The highest BCUT2D eigenvalue weighted by Gasteiger charge is 2.35. The highest BCUT2D eigenvalue weighted by molar-refractivity contribution is 5.45. The van der Waals surface area contributed by atoms with Crippen LogP contribution in [0.1, 0.15) is 69.2 Å². The summed E-state index contributed by atoms with van der Waals surface area (Å²) in [5.74, 6) is 1.75. The highest BCUT2D eigenvalue weighted by Crippen LogP contribution is 2.34. The molecule has 31 heavy (non-hydrogen) atoms. The van der Waals surface area contributed by atoms with Gasteiger partial charge in [0.2, 0.25) is 17.8 Å². The second kappa shape index (κ2) is 9.45. The summed E-state index contributed by atoms with van der Waals surface area (Å²) >= 11 is 0. The Morgan fingerprint density at radius 3 is 1.55 bits per heavy atom. The Labute approximate surface area is 189 Å². The van der Waals surface area contributed by atoms with Gasteiger partial charge in [-0.05, 0) is 38.5 Å². The van der Waals surface area contributed by atoms with Crippen LogP contribution < -0.4 is 16.0 Å². The molecule has 1 aliphatic heterocycles. The third-order valence-corrected chi connectivity index (χ3v) is 7.05. The fourth-order valence-corrected chi connectivity index (χ4v) is 2.65. The number of hydrogen-bond acceptors (Lipinski definition) is 8. The van der Waals surface area contributed by atoms with Crippen LogP contribution in [0.15, 0.2) is 0 Å². The van der Waals surface area contributed by atoms with Crippen LogP contribution in [0.25, 0.3) is 0 Å². The smallest absolute Gasteiger partial charge is 0.229 e. The second-order valence-electron chi connectivity index (χ2n) is 11.7. The topological polar surface area (TPSA) is 87.2 Å². The number of aromatic nitrogens is 3. The largest absolute Gasteiger partial charge is 0.379 e. The fourth-order valence-electron chi connectivity index (χ4n) is 2.65. The molecule has 0 amide bonds. The molecule has 0 bridgehead atoms. The molecule has 3 N–H and O–H groups in total. The summed E-state index contributed by atoms with van der Waals surface area (Å²) in [6, 6.07) is 0. The summed E-state index contributed by atoms with van der Waals surface area (Å²) in [7, 11) is 0. The fraction of sp³-hybridized carbons (Fsp3) is 0.870. The molecular formula is C23H45N7O. The van der Waals surface area contributed by atoms with Crippen molar-refractivity contribution in [2.75, 3.05) is 55.3 Å². The number of nitrogens with zero attached hydrogens (tertiary/aromatic N) is 4. The average Bonchev–Trinajstić information content (AvgIpc) is 2.59. The number of rotatable bonds is 8. The van der Waals surface area contributed by atoms with Crippen LogP contribution in [-0.4, -0.2) is 70.3 Å². The lowest BCUT2D eigenvalue weighted by Gasteiger charge is -2.40. The Balaban J connectivity index is 2.22. The molecule has 0 aromatic carbocycles. The minimum Gasteiger partial charge on any atom is -0.379 e. The van der Waals surface area contributed by atoms with E-state index in [1.807, 2.05) is 0 Å². The molecule has 8 heteroatoms. The van der Waals surface area contributed by atoms with Gasteiger partial charge in [0.15, 0.2) is 0 Å². The summed E-state index contributed by atoms with van der Waals surface area (Å²) in [5, 5.41) is 10.5. The van der Waals surface area contributed by atoms with Crippen molar-refractivity contribution in [3.05, 3.63) is 0 Å². The molecular weight excluding hydrogens is 390 g/mol. The normalized spacial score (nSPS) is 16.8. The number of morpholine rings is 1. The zero-order valence-corrected chi connectivity index (χ0v) is 21.4. The van der Waals surface area contributed by atoms with E-state index in [1.165, 1.54) is 0 Å². The Kier molecular flexibility index (Phi) is 7.80. The van der Waals surface area contributed by atoms with Gasteiger partial charge in [0, 0.05) is 37.3 Å². The number of anilines is 3. The standard InChI is InChI=1S/C23H45N7O/c1-20(2,3)22(7,8)28-18-25-17(24-11-12-30-13-15-31-16-14-30)26-19(27-18)29-23(9,10)21(4,5)6/h11-16H2,1-10H3,(H3,24,25,26,27,28,29). The zero-order chi connectivity index (χ0) is 23.5. The minimum atomic E-state index is -0.198.